The maximum atomic E-state index is 12.2. The molecule has 29 heavy (non-hydrogen) atoms. The fourth-order valence-electron chi connectivity index (χ4n) is 2.82. The van der Waals surface area contributed by atoms with Gasteiger partial charge in [0.25, 0.3) is 11.6 Å². The van der Waals surface area contributed by atoms with E-state index in [-0.39, 0.29) is 18.2 Å². The summed E-state index contributed by atoms with van der Waals surface area (Å²) in [5.74, 6) is 0.790. The van der Waals surface area contributed by atoms with E-state index in [1.807, 2.05) is 42.5 Å². The summed E-state index contributed by atoms with van der Waals surface area (Å²) in [4.78, 5) is 22.4. The lowest BCUT2D eigenvalue weighted by Crippen LogP contribution is -2.20. The summed E-state index contributed by atoms with van der Waals surface area (Å²) < 4.78 is 10.8. The zero-order chi connectivity index (χ0) is 20.6. The molecule has 0 atom stereocenters. The summed E-state index contributed by atoms with van der Waals surface area (Å²) in [6, 6.07) is 21.0. The van der Waals surface area contributed by atoms with Crippen LogP contribution < -0.4 is 14.8 Å². The molecular weight excluding hydrogens is 372 g/mol. The number of nitrogens with one attached hydrogen (secondary N) is 1. The number of nitro groups is 1. The molecule has 0 aliphatic rings. The van der Waals surface area contributed by atoms with Crippen molar-refractivity contribution in [3.05, 3.63) is 94.0 Å². The maximum Gasteiger partial charge on any atom is 0.269 e. The van der Waals surface area contributed by atoms with Gasteiger partial charge in [-0.1, -0.05) is 30.3 Å². The van der Waals surface area contributed by atoms with Crippen molar-refractivity contribution in [2.75, 3.05) is 19.0 Å². The van der Waals surface area contributed by atoms with E-state index in [2.05, 4.69) is 5.32 Å². The molecule has 3 aromatic rings. The molecule has 7 heteroatoms. The fraction of sp³-hybridized carbons (Fsp3) is 0.136. The van der Waals surface area contributed by atoms with E-state index >= 15 is 0 Å². The second-order valence-corrected chi connectivity index (χ2v) is 6.28. The Balaban J connectivity index is 1.62. The van der Waals surface area contributed by atoms with Crippen LogP contribution in [0.15, 0.2) is 72.8 Å². The number of nitrogens with zero attached hydrogens (tertiary/aromatic N) is 1. The molecule has 0 fully saturated rings. The van der Waals surface area contributed by atoms with E-state index in [4.69, 9.17) is 9.47 Å². The number of rotatable bonds is 8. The third-order valence-corrected chi connectivity index (χ3v) is 4.22. The van der Waals surface area contributed by atoms with Crippen molar-refractivity contribution < 1.29 is 19.2 Å². The van der Waals surface area contributed by atoms with Crippen LogP contribution in [0, 0.1) is 10.1 Å². The van der Waals surface area contributed by atoms with E-state index in [1.165, 1.54) is 24.3 Å². The summed E-state index contributed by atoms with van der Waals surface area (Å²) in [6.07, 6.45) is 0.674. The molecule has 0 spiro atoms. The van der Waals surface area contributed by atoms with Gasteiger partial charge in [-0.25, -0.2) is 0 Å². The number of carbonyl (C=O) groups excluding carboxylic acids is 1. The average Bonchev–Trinajstić information content (AvgIpc) is 2.73. The van der Waals surface area contributed by atoms with Crippen molar-refractivity contribution in [2.24, 2.45) is 0 Å². The van der Waals surface area contributed by atoms with Gasteiger partial charge in [0, 0.05) is 29.8 Å². The van der Waals surface area contributed by atoms with Crippen LogP contribution in [-0.2, 0) is 11.2 Å². The molecule has 0 aromatic heterocycles. The predicted molar refractivity (Wildman–Crippen MR) is 109 cm³/mol. The van der Waals surface area contributed by atoms with Gasteiger partial charge in [0.05, 0.1) is 12.0 Å². The number of carbonyl (C=O) groups is 1. The molecular formula is C22H20N2O5. The third kappa shape index (κ3) is 5.55. The minimum atomic E-state index is -0.493. The van der Waals surface area contributed by atoms with E-state index in [1.54, 1.807) is 13.2 Å². The first-order chi connectivity index (χ1) is 14.0. The zero-order valence-electron chi connectivity index (χ0n) is 15.8. The van der Waals surface area contributed by atoms with Gasteiger partial charge in [0.2, 0.25) is 0 Å². The summed E-state index contributed by atoms with van der Waals surface area (Å²) in [5, 5.41) is 13.5. The van der Waals surface area contributed by atoms with Gasteiger partial charge in [-0.2, -0.15) is 0 Å². The highest BCUT2D eigenvalue weighted by atomic mass is 16.6. The molecule has 0 saturated carbocycles. The number of hydrogen-bond donors (Lipinski definition) is 1. The molecule has 0 heterocycles. The number of amides is 1. The summed E-state index contributed by atoms with van der Waals surface area (Å²) in [6.45, 7) is -0.210. The highest BCUT2D eigenvalue weighted by Crippen LogP contribution is 2.25. The normalized spacial score (nSPS) is 10.2. The number of hydrogen-bond acceptors (Lipinski definition) is 5. The van der Waals surface area contributed by atoms with E-state index in [0.717, 1.165) is 16.9 Å². The van der Waals surface area contributed by atoms with Crippen molar-refractivity contribution >= 4 is 17.3 Å². The lowest BCUT2D eigenvalue weighted by Gasteiger charge is -2.12. The Labute approximate surface area is 168 Å². The number of nitro benzene ring substituents is 1. The van der Waals surface area contributed by atoms with Crippen LogP contribution >= 0.6 is 0 Å². The number of ether oxygens (including phenoxy) is 2. The van der Waals surface area contributed by atoms with E-state index in [0.29, 0.717) is 17.9 Å². The highest BCUT2D eigenvalue weighted by Gasteiger charge is 2.10. The summed E-state index contributed by atoms with van der Waals surface area (Å²) >= 11 is 0. The van der Waals surface area contributed by atoms with Gasteiger partial charge in [-0.05, 0) is 35.9 Å². The molecule has 0 bridgehead atoms. The Morgan fingerprint density at radius 2 is 1.76 bits per heavy atom. The number of benzene rings is 3. The van der Waals surface area contributed by atoms with Crippen molar-refractivity contribution in [3.8, 4) is 11.5 Å². The van der Waals surface area contributed by atoms with Gasteiger partial charge in [0.1, 0.15) is 11.5 Å². The quantitative estimate of drug-likeness (QED) is 0.458. The van der Waals surface area contributed by atoms with Gasteiger partial charge in [0.15, 0.2) is 6.61 Å². The zero-order valence-corrected chi connectivity index (χ0v) is 15.8. The average molecular weight is 392 g/mol. The Morgan fingerprint density at radius 3 is 2.41 bits per heavy atom. The topological polar surface area (TPSA) is 90.7 Å². The van der Waals surface area contributed by atoms with Crippen LogP contribution in [0.3, 0.4) is 0 Å². The SMILES string of the molecule is COc1ccc(NC(=O)COc2ccc([N+](=O)[O-])cc2)cc1Cc1ccccc1. The third-order valence-electron chi connectivity index (χ3n) is 4.22. The van der Waals surface area contributed by atoms with Crippen molar-refractivity contribution in [1.82, 2.24) is 0 Å². The minimum absolute atomic E-state index is 0.0361. The molecule has 1 N–H and O–H groups in total. The van der Waals surface area contributed by atoms with Crippen molar-refractivity contribution in [2.45, 2.75) is 6.42 Å². The first kappa shape index (κ1) is 19.9. The van der Waals surface area contributed by atoms with Crippen LogP contribution in [0.25, 0.3) is 0 Å². The fourth-order valence-corrected chi connectivity index (χ4v) is 2.82. The first-order valence-corrected chi connectivity index (χ1v) is 8.93. The molecule has 7 nitrogen and oxygen atoms in total. The second kappa shape index (κ2) is 9.36. The van der Waals surface area contributed by atoms with E-state index in [9.17, 15) is 14.9 Å². The standard InChI is InChI=1S/C22H20N2O5/c1-28-21-12-7-18(14-17(21)13-16-5-3-2-4-6-16)23-22(25)15-29-20-10-8-19(9-11-20)24(26)27/h2-12,14H,13,15H2,1H3,(H,23,25). The van der Waals surface area contributed by atoms with E-state index < -0.39 is 4.92 Å². The monoisotopic (exact) mass is 392 g/mol. The lowest BCUT2D eigenvalue weighted by atomic mass is 10.0. The van der Waals surface area contributed by atoms with Gasteiger partial charge >= 0.3 is 0 Å². The van der Waals surface area contributed by atoms with Crippen LogP contribution in [-0.4, -0.2) is 24.5 Å². The van der Waals surface area contributed by atoms with Crippen LogP contribution in [0.4, 0.5) is 11.4 Å². The molecule has 0 saturated heterocycles. The Hall–Kier alpha value is -3.87. The maximum absolute atomic E-state index is 12.2. The van der Waals surface area contributed by atoms with Crippen LogP contribution in [0.5, 0.6) is 11.5 Å². The molecule has 0 radical (unpaired) electrons. The number of non-ortho nitro benzene ring substituents is 1. The molecule has 3 rings (SSSR count). The second-order valence-electron chi connectivity index (χ2n) is 6.28. The lowest BCUT2D eigenvalue weighted by molar-refractivity contribution is -0.384. The summed E-state index contributed by atoms with van der Waals surface area (Å²) in [5.41, 5.74) is 2.68. The molecule has 0 unspecified atom stereocenters. The van der Waals surface area contributed by atoms with Crippen molar-refractivity contribution in [3.63, 3.8) is 0 Å². The Bertz CT molecular complexity index is 988. The van der Waals surface area contributed by atoms with Crippen molar-refractivity contribution in [1.29, 1.82) is 0 Å². The van der Waals surface area contributed by atoms with Gasteiger partial charge in [-0.15, -0.1) is 0 Å². The number of anilines is 1. The number of methoxy groups -OCH3 is 1. The van der Waals surface area contributed by atoms with Gasteiger partial charge < -0.3 is 14.8 Å². The minimum Gasteiger partial charge on any atom is -0.496 e. The molecule has 1 amide bonds. The largest absolute Gasteiger partial charge is 0.496 e. The summed E-state index contributed by atoms with van der Waals surface area (Å²) in [7, 11) is 1.61. The molecule has 148 valence electrons. The molecule has 0 aliphatic heterocycles. The van der Waals surface area contributed by atoms with Crippen LogP contribution in [0.1, 0.15) is 11.1 Å². The highest BCUT2D eigenvalue weighted by molar-refractivity contribution is 5.92. The molecule has 0 aliphatic carbocycles. The first-order valence-electron chi connectivity index (χ1n) is 8.93. The van der Waals surface area contributed by atoms with Crippen LogP contribution in [0.2, 0.25) is 0 Å². The van der Waals surface area contributed by atoms with Gasteiger partial charge in [-0.3, -0.25) is 14.9 Å². The predicted octanol–water partition coefficient (Wildman–Crippen LogP) is 4.21. The molecule has 3 aromatic carbocycles. The smallest absolute Gasteiger partial charge is 0.269 e. The Kier molecular flexibility index (Phi) is 6.42. The Morgan fingerprint density at radius 1 is 1.03 bits per heavy atom.